The quantitative estimate of drug-likeness (QED) is 0.767. The number of rotatable bonds is 0. The van der Waals surface area contributed by atoms with Gasteiger partial charge < -0.3 is 15.1 Å². The summed E-state index contributed by atoms with van der Waals surface area (Å²) in [7, 11) is 1.46. The number of carbonyl (C=O) groups is 1. The van der Waals surface area contributed by atoms with Crippen molar-refractivity contribution < 1.29 is 22.4 Å². The Morgan fingerprint density at radius 2 is 1.88 bits per heavy atom. The van der Waals surface area contributed by atoms with Crippen molar-refractivity contribution in [1.82, 2.24) is 20.1 Å². The molecule has 26 heavy (non-hydrogen) atoms. The maximum Gasteiger partial charge on any atom is 0.418 e. The minimum absolute atomic E-state index is 0.0972. The molecule has 3 rings (SSSR count). The molecule has 1 aliphatic heterocycles. The summed E-state index contributed by atoms with van der Waals surface area (Å²) in [5.41, 5.74) is 3.43. The van der Waals surface area contributed by atoms with E-state index in [0.717, 1.165) is 19.3 Å². The largest absolute Gasteiger partial charge is 0.419 e. The number of hydrogen-bond acceptors (Lipinski definition) is 6. The second kappa shape index (κ2) is 6.93. The normalized spacial score (nSPS) is 16.5. The van der Waals surface area contributed by atoms with E-state index in [9.17, 15) is 18.0 Å². The summed E-state index contributed by atoms with van der Waals surface area (Å²) in [6, 6.07) is 0.694. The highest BCUT2D eigenvalue weighted by atomic mass is 19.4. The number of alkyl halides is 3. The summed E-state index contributed by atoms with van der Waals surface area (Å²) >= 11 is 0. The number of fused-ring (bicyclic) bond motifs is 5. The van der Waals surface area contributed by atoms with Gasteiger partial charge in [-0.3, -0.25) is 4.79 Å². The van der Waals surface area contributed by atoms with Gasteiger partial charge in [-0.15, -0.1) is 10.2 Å². The van der Waals surface area contributed by atoms with Crippen molar-refractivity contribution in [2.24, 2.45) is 0 Å². The lowest BCUT2D eigenvalue weighted by atomic mass is 10.1. The first-order valence-electron chi connectivity index (χ1n) is 8.23. The zero-order valence-corrected chi connectivity index (χ0v) is 14.1. The fourth-order valence-electron chi connectivity index (χ4n) is 2.79. The highest BCUT2D eigenvalue weighted by Crippen LogP contribution is 2.36. The van der Waals surface area contributed by atoms with Crippen molar-refractivity contribution in [2.45, 2.75) is 38.3 Å². The number of nitrogens with zero attached hydrogens (tertiary/aromatic N) is 4. The van der Waals surface area contributed by atoms with E-state index in [-0.39, 0.29) is 17.3 Å². The number of aromatic nitrogens is 3. The van der Waals surface area contributed by atoms with Gasteiger partial charge in [-0.2, -0.15) is 13.2 Å². The zero-order chi connectivity index (χ0) is 18.9. The van der Waals surface area contributed by atoms with Crippen molar-refractivity contribution in [2.75, 3.05) is 19.3 Å². The molecule has 2 aromatic heterocycles. The minimum Gasteiger partial charge on any atom is -0.419 e. The fourth-order valence-corrected chi connectivity index (χ4v) is 2.79. The third-order valence-corrected chi connectivity index (χ3v) is 4.21. The smallest absolute Gasteiger partial charge is 0.418 e. The van der Waals surface area contributed by atoms with Crippen LogP contribution in [0.4, 0.5) is 18.9 Å². The minimum atomic E-state index is -4.77. The number of amides is 1. The lowest BCUT2D eigenvalue weighted by Gasteiger charge is -2.20. The topological polar surface area (TPSA) is 98.1 Å². The number of nitrogens with two attached hydrogens (primary N) is 1. The Morgan fingerprint density at radius 3 is 2.62 bits per heavy atom. The molecule has 0 aliphatic carbocycles. The van der Waals surface area contributed by atoms with E-state index < -0.39 is 23.3 Å². The van der Waals surface area contributed by atoms with E-state index in [1.807, 2.05) is 0 Å². The Balaban J connectivity index is 2.16. The Labute approximate surface area is 147 Å². The predicted molar refractivity (Wildman–Crippen MR) is 86.1 cm³/mol. The van der Waals surface area contributed by atoms with Crippen LogP contribution in [0, 0.1) is 0 Å². The second-order valence-corrected chi connectivity index (χ2v) is 6.21. The van der Waals surface area contributed by atoms with Crippen molar-refractivity contribution >= 4 is 11.6 Å². The van der Waals surface area contributed by atoms with E-state index in [4.69, 9.17) is 10.2 Å². The van der Waals surface area contributed by atoms with E-state index in [0.29, 0.717) is 31.3 Å². The molecule has 2 N–H and O–H groups in total. The van der Waals surface area contributed by atoms with Crippen molar-refractivity contribution in [3.8, 4) is 11.6 Å². The van der Waals surface area contributed by atoms with Crippen LogP contribution in [0.1, 0.15) is 47.6 Å². The number of aryl methyl sites for hydroxylation is 1. The molecule has 1 amide bonds. The summed E-state index contributed by atoms with van der Waals surface area (Å²) < 4.78 is 45.6. The van der Waals surface area contributed by atoms with Crippen molar-refractivity contribution in [1.29, 1.82) is 0 Å². The van der Waals surface area contributed by atoms with Gasteiger partial charge in [-0.05, 0) is 18.9 Å². The Kier molecular flexibility index (Phi) is 4.84. The molecule has 140 valence electrons. The van der Waals surface area contributed by atoms with Crippen LogP contribution < -0.4 is 5.73 Å². The Hall–Kier alpha value is -2.65. The molecule has 1 aliphatic rings. The van der Waals surface area contributed by atoms with Crippen LogP contribution in [-0.4, -0.2) is 39.6 Å². The molecule has 0 atom stereocenters. The van der Waals surface area contributed by atoms with E-state index in [1.165, 1.54) is 11.9 Å². The van der Waals surface area contributed by atoms with Gasteiger partial charge in [0.15, 0.2) is 5.69 Å². The predicted octanol–water partition coefficient (Wildman–Crippen LogP) is 2.92. The molecule has 0 radical (unpaired) electrons. The average molecular weight is 369 g/mol. The highest BCUT2D eigenvalue weighted by molar-refractivity contribution is 5.95. The number of nitrogen functional groups attached to an aromatic ring is 1. The van der Waals surface area contributed by atoms with Crippen LogP contribution in [-0.2, 0) is 12.6 Å². The lowest BCUT2D eigenvalue weighted by Crippen LogP contribution is -2.31. The lowest BCUT2D eigenvalue weighted by molar-refractivity contribution is -0.138. The molecule has 7 nitrogen and oxygen atoms in total. The summed E-state index contributed by atoms with van der Waals surface area (Å²) in [4.78, 5) is 17.7. The van der Waals surface area contributed by atoms with Crippen LogP contribution in [0.5, 0.6) is 0 Å². The summed E-state index contributed by atoms with van der Waals surface area (Å²) in [5.74, 6) is -0.557. The van der Waals surface area contributed by atoms with Crippen LogP contribution in [0.3, 0.4) is 0 Å². The maximum atomic E-state index is 13.4. The number of carbonyl (C=O) groups excluding carboxylic acids is 1. The Morgan fingerprint density at radius 1 is 1.15 bits per heavy atom. The molecule has 0 fully saturated rings. The summed E-state index contributed by atoms with van der Waals surface area (Å²) in [5, 5.41) is 7.69. The molecule has 4 bridgehead atoms. The van der Waals surface area contributed by atoms with Crippen LogP contribution in [0.25, 0.3) is 11.6 Å². The van der Waals surface area contributed by atoms with Crippen LogP contribution in [0.2, 0.25) is 0 Å². The van der Waals surface area contributed by atoms with Gasteiger partial charge in [0.1, 0.15) is 5.69 Å². The summed E-state index contributed by atoms with van der Waals surface area (Å²) in [6.45, 7) is 0.343. The standard InChI is InChI=1S/C16H18F3N5O2/c1-24-7-5-3-2-4-6-11-22-23-14(26-11)13-10(20)8-9(16(17,18)19)12(21-13)15(24)25/h8H,2-7,20H2,1H3. The first kappa shape index (κ1) is 18.2. The van der Waals surface area contributed by atoms with Crippen molar-refractivity contribution in [3.05, 3.63) is 23.2 Å². The molecule has 0 saturated heterocycles. The third-order valence-electron chi connectivity index (χ3n) is 4.21. The monoisotopic (exact) mass is 369 g/mol. The second-order valence-electron chi connectivity index (χ2n) is 6.21. The highest BCUT2D eigenvalue weighted by Gasteiger charge is 2.38. The molecular weight excluding hydrogens is 351 g/mol. The zero-order valence-electron chi connectivity index (χ0n) is 14.1. The summed E-state index contributed by atoms with van der Waals surface area (Å²) in [6.07, 6.45) is -0.961. The average Bonchev–Trinajstić information content (AvgIpc) is 3.04. The van der Waals surface area contributed by atoms with Gasteiger partial charge in [0, 0.05) is 20.0 Å². The third kappa shape index (κ3) is 3.63. The van der Waals surface area contributed by atoms with Crippen molar-refractivity contribution in [3.63, 3.8) is 0 Å². The number of anilines is 1. The molecule has 0 spiro atoms. The van der Waals surface area contributed by atoms with E-state index in [2.05, 4.69) is 15.2 Å². The Bertz CT molecular complexity index is 819. The molecule has 10 heteroatoms. The molecule has 0 unspecified atom stereocenters. The fraction of sp³-hybridized carbons (Fsp3) is 0.500. The SMILES string of the molecule is CN1CCCCCCc2nnc(o2)-c2nc(c(C(F)(F)F)cc2N)C1=O. The van der Waals surface area contributed by atoms with E-state index >= 15 is 0 Å². The molecule has 0 aromatic carbocycles. The van der Waals surface area contributed by atoms with Gasteiger partial charge in [-0.25, -0.2) is 4.98 Å². The molecule has 0 saturated carbocycles. The van der Waals surface area contributed by atoms with Gasteiger partial charge in [0.25, 0.3) is 11.8 Å². The van der Waals surface area contributed by atoms with Crippen LogP contribution in [0.15, 0.2) is 10.5 Å². The molecular formula is C16H18F3N5O2. The number of halogens is 3. The first-order chi connectivity index (χ1) is 12.3. The van der Waals surface area contributed by atoms with Gasteiger partial charge in [0.2, 0.25) is 5.89 Å². The number of hydrogen-bond donors (Lipinski definition) is 1. The van der Waals surface area contributed by atoms with Crippen LogP contribution >= 0.6 is 0 Å². The molecule has 2 aromatic rings. The first-order valence-corrected chi connectivity index (χ1v) is 8.23. The number of pyridine rings is 1. The van der Waals surface area contributed by atoms with Gasteiger partial charge in [-0.1, -0.05) is 12.8 Å². The van der Waals surface area contributed by atoms with E-state index in [1.54, 1.807) is 0 Å². The van der Waals surface area contributed by atoms with Gasteiger partial charge >= 0.3 is 6.18 Å². The van der Waals surface area contributed by atoms with Gasteiger partial charge in [0.05, 0.1) is 11.3 Å². The maximum absolute atomic E-state index is 13.4. The molecule has 3 heterocycles.